The Balaban J connectivity index is 2.35. The fraction of sp³-hybridized carbons (Fsp3) is 0.875. The first-order valence-corrected chi connectivity index (χ1v) is 8.23. The van der Waals surface area contributed by atoms with Gasteiger partial charge in [0, 0.05) is 33.7 Å². The number of nitrogens with two attached hydrogens (primary N) is 1. The molecule has 128 valence electrons. The Kier molecular flexibility index (Phi) is 8.42. The van der Waals surface area contributed by atoms with Crippen LogP contribution in [0.4, 0.5) is 0 Å². The number of hydrogen-bond donors (Lipinski definition) is 2. The van der Waals surface area contributed by atoms with Crippen LogP contribution in [0.15, 0.2) is 0 Å². The van der Waals surface area contributed by atoms with Crippen LogP contribution in [-0.4, -0.2) is 57.1 Å². The molecule has 0 atom stereocenters. The van der Waals surface area contributed by atoms with Crippen LogP contribution in [0, 0.1) is 5.41 Å². The average Bonchev–Trinajstić information content (AvgIpc) is 2.52. The number of rotatable bonds is 9. The molecule has 0 radical (unpaired) electrons. The van der Waals surface area contributed by atoms with Crippen LogP contribution in [0.5, 0.6) is 0 Å². The highest BCUT2D eigenvalue weighted by atomic mass is 16.5. The van der Waals surface area contributed by atoms with E-state index in [4.69, 9.17) is 10.5 Å². The van der Waals surface area contributed by atoms with Gasteiger partial charge >= 0.3 is 0 Å². The summed E-state index contributed by atoms with van der Waals surface area (Å²) in [4.78, 5) is 25.7. The summed E-state index contributed by atoms with van der Waals surface area (Å²) < 4.78 is 4.92. The molecule has 0 spiro atoms. The molecule has 6 nitrogen and oxygen atoms in total. The number of nitrogens with one attached hydrogen (secondary N) is 1. The first-order chi connectivity index (χ1) is 10.5. The molecule has 0 saturated heterocycles. The zero-order valence-electron chi connectivity index (χ0n) is 14.0. The molecule has 6 heteroatoms. The van der Waals surface area contributed by atoms with Crippen LogP contribution in [-0.2, 0) is 14.3 Å². The van der Waals surface area contributed by atoms with Crippen LogP contribution in [0.1, 0.15) is 44.9 Å². The summed E-state index contributed by atoms with van der Waals surface area (Å²) in [7, 11) is 3.32. The van der Waals surface area contributed by atoms with Crippen molar-refractivity contribution in [1.29, 1.82) is 0 Å². The highest BCUT2D eigenvalue weighted by Gasteiger charge is 2.34. The fourth-order valence-electron chi connectivity index (χ4n) is 3.01. The zero-order chi connectivity index (χ0) is 16.4. The number of ether oxygens (including phenoxy) is 1. The van der Waals surface area contributed by atoms with Gasteiger partial charge in [-0.15, -0.1) is 0 Å². The SMILES string of the molecule is COCCCNC(=O)CN(C)C(=O)CC1(CN)CCCCC1. The molecule has 0 unspecified atom stereocenters. The Hall–Kier alpha value is -1.14. The maximum atomic E-state index is 12.4. The van der Waals surface area contributed by atoms with E-state index in [1.54, 1.807) is 14.2 Å². The molecule has 22 heavy (non-hydrogen) atoms. The highest BCUT2D eigenvalue weighted by molar-refractivity contribution is 5.84. The third-order valence-electron chi connectivity index (χ3n) is 4.53. The van der Waals surface area contributed by atoms with Gasteiger partial charge in [-0.05, 0) is 31.2 Å². The second kappa shape index (κ2) is 9.79. The van der Waals surface area contributed by atoms with E-state index in [1.165, 1.54) is 11.3 Å². The van der Waals surface area contributed by atoms with Crippen molar-refractivity contribution in [2.24, 2.45) is 11.1 Å². The highest BCUT2D eigenvalue weighted by Crippen LogP contribution is 2.38. The lowest BCUT2D eigenvalue weighted by molar-refractivity contribution is -0.137. The molecule has 1 rings (SSSR count). The lowest BCUT2D eigenvalue weighted by Gasteiger charge is -2.36. The molecule has 3 N–H and O–H groups in total. The molecular formula is C16H31N3O3. The summed E-state index contributed by atoms with van der Waals surface area (Å²) in [5, 5.41) is 2.79. The molecule has 0 aliphatic heterocycles. The van der Waals surface area contributed by atoms with E-state index in [-0.39, 0.29) is 23.8 Å². The van der Waals surface area contributed by atoms with Crippen molar-refractivity contribution in [3.8, 4) is 0 Å². The van der Waals surface area contributed by atoms with E-state index in [0.717, 1.165) is 32.1 Å². The van der Waals surface area contributed by atoms with Gasteiger partial charge in [-0.3, -0.25) is 9.59 Å². The summed E-state index contributed by atoms with van der Waals surface area (Å²) >= 11 is 0. The molecule has 0 aromatic rings. The quantitative estimate of drug-likeness (QED) is 0.619. The number of carbonyl (C=O) groups is 2. The lowest BCUT2D eigenvalue weighted by atomic mass is 9.71. The molecule has 1 aliphatic rings. The Morgan fingerprint density at radius 3 is 2.55 bits per heavy atom. The van der Waals surface area contributed by atoms with Gasteiger partial charge < -0.3 is 20.7 Å². The minimum Gasteiger partial charge on any atom is -0.385 e. The number of carbonyl (C=O) groups excluding carboxylic acids is 2. The normalized spacial score (nSPS) is 17.0. The van der Waals surface area contributed by atoms with Crippen molar-refractivity contribution in [3.05, 3.63) is 0 Å². The van der Waals surface area contributed by atoms with Crippen molar-refractivity contribution >= 4 is 11.8 Å². The predicted molar refractivity (Wildman–Crippen MR) is 86.3 cm³/mol. The van der Waals surface area contributed by atoms with E-state index in [1.807, 2.05) is 0 Å². The molecule has 0 aromatic heterocycles. The number of methoxy groups -OCH3 is 1. The molecule has 0 heterocycles. The Labute approximate surface area is 133 Å². The third-order valence-corrected chi connectivity index (χ3v) is 4.53. The molecule has 2 amide bonds. The lowest BCUT2D eigenvalue weighted by Crippen LogP contribution is -2.43. The molecule has 1 aliphatic carbocycles. The molecular weight excluding hydrogens is 282 g/mol. The molecule has 1 fully saturated rings. The number of hydrogen-bond acceptors (Lipinski definition) is 4. The van der Waals surface area contributed by atoms with E-state index in [9.17, 15) is 9.59 Å². The van der Waals surface area contributed by atoms with Gasteiger partial charge in [0.1, 0.15) is 0 Å². The number of amides is 2. The number of nitrogens with zero attached hydrogens (tertiary/aromatic N) is 1. The largest absolute Gasteiger partial charge is 0.385 e. The molecule has 0 bridgehead atoms. The predicted octanol–water partition coefficient (Wildman–Crippen LogP) is 0.897. The minimum atomic E-state index is -0.127. The van der Waals surface area contributed by atoms with Crippen molar-refractivity contribution in [1.82, 2.24) is 10.2 Å². The summed E-state index contributed by atoms with van der Waals surface area (Å²) in [6.07, 6.45) is 6.80. The standard InChI is InChI=1S/C16H31N3O3/c1-19(12-14(20)18-9-6-10-22-2)15(21)11-16(13-17)7-4-3-5-8-16/h3-13,17H2,1-2H3,(H,18,20). The van der Waals surface area contributed by atoms with E-state index in [0.29, 0.717) is 26.1 Å². The van der Waals surface area contributed by atoms with E-state index < -0.39 is 0 Å². The monoisotopic (exact) mass is 313 g/mol. The smallest absolute Gasteiger partial charge is 0.239 e. The Morgan fingerprint density at radius 2 is 1.95 bits per heavy atom. The maximum absolute atomic E-state index is 12.4. The summed E-state index contributed by atoms with van der Waals surface area (Å²) in [5.41, 5.74) is 5.86. The Bertz CT molecular complexity index is 355. The minimum absolute atomic E-state index is 0.0133. The first kappa shape index (κ1) is 18.9. The molecule has 1 saturated carbocycles. The van der Waals surface area contributed by atoms with Crippen LogP contribution in [0.3, 0.4) is 0 Å². The van der Waals surface area contributed by atoms with Crippen molar-refractivity contribution in [2.75, 3.05) is 40.4 Å². The fourth-order valence-corrected chi connectivity index (χ4v) is 3.01. The van der Waals surface area contributed by atoms with Crippen molar-refractivity contribution < 1.29 is 14.3 Å². The van der Waals surface area contributed by atoms with Gasteiger partial charge in [-0.2, -0.15) is 0 Å². The van der Waals surface area contributed by atoms with E-state index in [2.05, 4.69) is 5.32 Å². The van der Waals surface area contributed by atoms with Crippen molar-refractivity contribution in [3.63, 3.8) is 0 Å². The second-order valence-electron chi connectivity index (χ2n) is 6.39. The van der Waals surface area contributed by atoms with Gasteiger partial charge in [-0.25, -0.2) is 0 Å². The second-order valence-corrected chi connectivity index (χ2v) is 6.39. The molecule has 0 aromatic carbocycles. The average molecular weight is 313 g/mol. The summed E-state index contributed by atoms with van der Waals surface area (Å²) in [6, 6.07) is 0. The van der Waals surface area contributed by atoms with Gasteiger partial charge in [-0.1, -0.05) is 19.3 Å². The summed E-state index contributed by atoms with van der Waals surface area (Å²) in [5.74, 6) is -0.114. The van der Waals surface area contributed by atoms with Gasteiger partial charge in [0.05, 0.1) is 6.54 Å². The van der Waals surface area contributed by atoms with Crippen LogP contribution >= 0.6 is 0 Å². The van der Waals surface area contributed by atoms with Crippen LogP contribution in [0.25, 0.3) is 0 Å². The van der Waals surface area contributed by atoms with Crippen molar-refractivity contribution in [2.45, 2.75) is 44.9 Å². The van der Waals surface area contributed by atoms with E-state index >= 15 is 0 Å². The summed E-state index contributed by atoms with van der Waals surface area (Å²) in [6.45, 7) is 1.85. The first-order valence-electron chi connectivity index (χ1n) is 8.23. The van der Waals surface area contributed by atoms with Crippen LogP contribution in [0.2, 0.25) is 0 Å². The Morgan fingerprint density at radius 1 is 1.27 bits per heavy atom. The van der Waals surface area contributed by atoms with Gasteiger partial charge in [0.15, 0.2) is 0 Å². The third kappa shape index (κ3) is 6.32. The topological polar surface area (TPSA) is 84.7 Å². The van der Waals surface area contributed by atoms with Gasteiger partial charge in [0.25, 0.3) is 0 Å². The zero-order valence-corrected chi connectivity index (χ0v) is 14.0. The van der Waals surface area contributed by atoms with Crippen LogP contribution < -0.4 is 11.1 Å². The number of likely N-dealkylation sites (N-methyl/N-ethyl adjacent to an activating group) is 1. The maximum Gasteiger partial charge on any atom is 0.239 e. The van der Waals surface area contributed by atoms with Gasteiger partial charge in [0.2, 0.25) is 11.8 Å².